The summed E-state index contributed by atoms with van der Waals surface area (Å²) in [7, 11) is 1.63. The maximum Gasteiger partial charge on any atom is 0.279 e. The Morgan fingerprint density at radius 3 is 2.69 bits per heavy atom. The van der Waals surface area contributed by atoms with Gasteiger partial charge in [-0.25, -0.2) is 0 Å². The van der Waals surface area contributed by atoms with Gasteiger partial charge in [-0.2, -0.15) is 4.99 Å². The molecule has 7 heteroatoms. The number of hydrogen-bond donors (Lipinski definition) is 0. The predicted molar refractivity (Wildman–Crippen MR) is 108 cm³/mol. The highest BCUT2D eigenvalue weighted by Crippen LogP contribution is 2.29. The summed E-state index contributed by atoms with van der Waals surface area (Å²) in [5.41, 5.74) is 3.42. The van der Waals surface area contributed by atoms with Gasteiger partial charge in [0.15, 0.2) is 4.80 Å². The number of benzene rings is 2. The van der Waals surface area contributed by atoms with Gasteiger partial charge >= 0.3 is 0 Å². The lowest BCUT2D eigenvalue weighted by molar-refractivity contribution is 0.0997. The Morgan fingerprint density at radius 1 is 1.23 bits per heavy atom. The van der Waals surface area contributed by atoms with Crippen LogP contribution in [-0.2, 0) is 11.3 Å². The number of halogens is 2. The molecule has 3 aromatic rings. The molecule has 0 radical (unpaired) electrons. The lowest BCUT2D eigenvalue weighted by Crippen LogP contribution is -2.19. The first-order valence-electron chi connectivity index (χ1n) is 8.04. The Bertz CT molecular complexity index is 1050. The van der Waals surface area contributed by atoms with Crippen LogP contribution in [0.4, 0.5) is 0 Å². The van der Waals surface area contributed by atoms with Gasteiger partial charge in [-0.3, -0.25) is 4.79 Å². The number of ether oxygens (including phenoxy) is 1. The number of fused-ring (bicyclic) bond motifs is 1. The number of carbonyl (C=O) groups is 1. The van der Waals surface area contributed by atoms with Crippen LogP contribution in [0.25, 0.3) is 10.2 Å². The number of carbonyl (C=O) groups excluding carboxylic acids is 1. The van der Waals surface area contributed by atoms with Crippen LogP contribution in [0.3, 0.4) is 0 Å². The molecule has 136 valence electrons. The predicted octanol–water partition coefficient (Wildman–Crippen LogP) is 5.01. The lowest BCUT2D eigenvalue weighted by Gasteiger charge is -2.06. The third-order valence-electron chi connectivity index (χ3n) is 4.02. The number of aryl methyl sites for hydroxylation is 2. The average molecular weight is 409 g/mol. The van der Waals surface area contributed by atoms with Crippen molar-refractivity contribution in [3.8, 4) is 0 Å². The summed E-state index contributed by atoms with van der Waals surface area (Å²) < 4.78 is 7.98. The molecule has 0 atom stereocenters. The van der Waals surface area contributed by atoms with E-state index in [1.165, 1.54) is 11.3 Å². The van der Waals surface area contributed by atoms with E-state index in [1.807, 2.05) is 42.7 Å². The third kappa shape index (κ3) is 3.86. The van der Waals surface area contributed by atoms with Gasteiger partial charge in [-0.1, -0.05) is 52.2 Å². The average Bonchev–Trinajstić information content (AvgIpc) is 2.89. The number of nitrogens with zero attached hydrogens (tertiary/aromatic N) is 2. The van der Waals surface area contributed by atoms with Crippen molar-refractivity contribution in [2.75, 3.05) is 13.7 Å². The van der Waals surface area contributed by atoms with Crippen LogP contribution >= 0.6 is 34.5 Å². The molecule has 0 unspecified atom stereocenters. The fourth-order valence-corrected chi connectivity index (χ4v) is 4.64. The van der Waals surface area contributed by atoms with E-state index in [0.717, 1.165) is 21.3 Å². The van der Waals surface area contributed by atoms with Crippen LogP contribution in [0.2, 0.25) is 10.0 Å². The molecule has 0 aliphatic rings. The zero-order valence-electron chi connectivity index (χ0n) is 14.7. The largest absolute Gasteiger partial charge is 0.383 e. The molecule has 0 saturated carbocycles. The van der Waals surface area contributed by atoms with Crippen molar-refractivity contribution in [3.05, 3.63) is 61.9 Å². The zero-order valence-corrected chi connectivity index (χ0v) is 17.0. The SMILES string of the molecule is COCCn1c(=NC(=O)c2ccc(C)cc2C)sc2cc(Cl)cc(Cl)c21. The summed E-state index contributed by atoms with van der Waals surface area (Å²) >= 11 is 13.9. The second-order valence-corrected chi connectivity index (χ2v) is 7.85. The van der Waals surface area contributed by atoms with E-state index in [0.29, 0.717) is 33.6 Å². The molecule has 0 fully saturated rings. The van der Waals surface area contributed by atoms with Gasteiger partial charge in [-0.15, -0.1) is 0 Å². The van der Waals surface area contributed by atoms with E-state index in [-0.39, 0.29) is 5.91 Å². The fourth-order valence-electron chi connectivity index (χ4n) is 2.81. The number of methoxy groups -OCH3 is 1. The first-order valence-corrected chi connectivity index (χ1v) is 9.61. The molecule has 1 amide bonds. The number of rotatable bonds is 4. The normalized spacial score (nSPS) is 12.1. The van der Waals surface area contributed by atoms with Crippen molar-refractivity contribution < 1.29 is 9.53 Å². The van der Waals surface area contributed by atoms with Gasteiger partial charge in [0, 0.05) is 24.2 Å². The molecule has 0 aliphatic carbocycles. The molecule has 0 bridgehead atoms. The molecular formula is C19H18Cl2N2O2S. The number of amides is 1. The van der Waals surface area contributed by atoms with Crippen LogP contribution in [-0.4, -0.2) is 24.2 Å². The minimum atomic E-state index is -0.276. The van der Waals surface area contributed by atoms with Crippen molar-refractivity contribution in [3.63, 3.8) is 0 Å². The molecular weight excluding hydrogens is 391 g/mol. The molecule has 1 heterocycles. The van der Waals surface area contributed by atoms with Crippen LogP contribution in [0.15, 0.2) is 35.3 Å². The summed E-state index contributed by atoms with van der Waals surface area (Å²) in [6.07, 6.45) is 0. The molecule has 1 aromatic heterocycles. The monoisotopic (exact) mass is 408 g/mol. The topological polar surface area (TPSA) is 43.6 Å². The molecule has 0 N–H and O–H groups in total. The summed E-state index contributed by atoms with van der Waals surface area (Å²) in [5.74, 6) is -0.276. The van der Waals surface area contributed by atoms with Crippen molar-refractivity contribution >= 4 is 50.7 Å². The Morgan fingerprint density at radius 2 is 2.00 bits per heavy atom. The van der Waals surface area contributed by atoms with Crippen LogP contribution in [0.5, 0.6) is 0 Å². The second-order valence-electron chi connectivity index (χ2n) is 6.00. The quantitative estimate of drug-likeness (QED) is 0.608. The Kier molecular flexibility index (Phi) is 5.82. The highest BCUT2D eigenvalue weighted by molar-refractivity contribution is 7.16. The fraction of sp³-hybridized carbons (Fsp3) is 0.263. The molecule has 2 aromatic carbocycles. The third-order valence-corrected chi connectivity index (χ3v) is 5.56. The van der Waals surface area contributed by atoms with E-state index in [1.54, 1.807) is 13.2 Å². The van der Waals surface area contributed by atoms with Gasteiger partial charge in [0.1, 0.15) is 0 Å². The van der Waals surface area contributed by atoms with Crippen molar-refractivity contribution in [2.24, 2.45) is 4.99 Å². The standard InChI is InChI=1S/C19H18Cl2N2O2S/c1-11-4-5-14(12(2)8-11)18(24)22-19-23(6-7-25-3)17-15(21)9-13(20)10-16(17)26-19/h4-5,8-10H,6-7H2,1-3H3. The highest BCUT2D eigenvalue weighted by Gasteiger charge is 2.14. The van der Waals surface area contributed by atoms with E-state index in [2.05, 4.69) is 4.99 Å². The lowest BCUT2D eigenvalue weighted by atomic mass is 10.1. The number of hydrogen-bond acceptors (Lipinski definition) is 3. The summed E-state index contributed by atoms with van der Waals surface area (Å²) in [4.78, 5) is 17.7. The summed E-state index contributed by atoms with van der Waals surface area (Å²) in [6, 6.07) is 9.22. The maximum absolute atomic E-state index is 12.7. The number of thiazole rings is 1. The van der Waals surface area contributed by atoms with E-state index < -0.39 is 0 Å². The van der Waals surface area contributed by atoms with Gasteiger partial charge in [0.2, 0.25) is 0 Å². The molecule has 0 aliphatic heterocycles. The molecule has 26 heavy (non-hydrogen) atoms. The van der Waals surface area contributed by atoms with Crippen molar-refractivity contribution in [1.29, 1.82) is 0 Å². The second kappa shape index (κ2) is 7.92. The van der Waals surface area contributed by atoms with Crippen molar-refractivity contribution in [1.82, 2.24) is 4.57 Å². The minimum Gasteiger partial charge on any atom is -0.383 e. The van der Waals surface area contributed by atoms with E-state index in [9.17, 15) is 4.79 Å². The van der Waals surface area contributed by atoms with Gasteiger partial charge in [0.25, 0.3) is 5.91 Å². The summed E-state index contributed by atoms with van der Waals surface area (Å²) in [6.45, 7) is 4.93. The first kappa shape index (κ1) is 19.1. The minimum absolute atomic E-state index is 0.276. The summed E-state index contributed by atoms with van der Waals surface area (Å²) in [5, 5.41) is 1.08. The Balaban J connectivity index is 2.17. The smallest absolute Gasteiger partial charge is 0.279 e. The van der Waals surface area contributed by atoms with Gasteiger partial charge in [0.05, 0.1) is 21.8 Å². The molecule has 3 rings (SSSR count). The zero-order chi connectivity index (χ0) is 18.8. The van der Waals surface area contributed by atoms with Crippen LogP contribution in [0, 0.1) is 13.8 Å². The maximum atomic E-state index is 12.7. The Hall–Kier alpha value is -1.66. The molecule has 0 saturated heterocycles. The van der Waals surface area contributed by atoms with E-state index in [4.69, 9.17) is 27.9 Å². The first-order chi connectivity index (χ1) is 12.4. The highest BCUT2D eigenvalue weighted by atomic mass is 35.5. The van der Waals surface area contributed by atoms with Crippen molar-refractivity contribution in [2.45, 2.75) is 20.4 Å². The van der Waals surface area contributed by atoms with Gasteiger partial charge in [-0.05, 0) is 37.6 Å². The van der Waals surface area contributed by atoms with Gasteiger partial charge < -0.3 is 9.30 Å². The van der Waals surface area contributed by atoms with Crippen LogP contribution in [0.1, 0.15) is 21.5 Å². The Labute approximate surface area is 165 Å². The number of aromatic nitrogens is 1. The molecule has 4 nitrogen and oxygen atoms in total. The van der Waals surface area contributed by atoms with E-state index >= 15 is 0 Å². The van der Waals surface area contributed by atoms with Crippen LogP contribution < -0.4 is 4.80 Å². The molecule has 0 spiro atoms.